The van der Waals surface area contributed by atoms with Gasteiger partial charge in [-0.15, -0.1) is 0 Å². The summed E-state index contributed by atoms with van der Waals surface area (Å²) < 4.78 is 1.15. The molecule has 1 aliphatic rings. The molecule has 0 spiro atoms. The number of hydrogen-bond acceptors (Lipinski definition) is 3. The lowest BCUT2D eigenvalue weighted by atomic mass is 9.70. The molecular weight excluding hydrogens is 220 g/mol. The molecule has 17 heavy (non-hydrogen) atoms. The second kappa shape index (κ2) is 3.98. The average molecular weight is 236 g/mol. The molecule has 1 fully saturated rings. The van der Waals surface area contributed by atoms with Crippen molar-refractivity contribution in [2.75, 3.05) is 0 Å². The molecule has 2 rings (SSSR count). The Labute approximate surface area is 98.5 Å². The second-order valence-electron chi connectivity index (χ2n) is 5.12. The highest BCUT2D eigenvalue weighted by Crippen LogP contribution is 2.41. The SMILES string of the molecule is CC(=O)c1c[nH]c(=O)n(CC2(C)CCC2)c1=O. The Morgan fingerprint density at radius 1 is 1.47 bits per heavy atom. The Hall–Kier alpha value is -1.65. The van der Waals surface area contributed by atoms with E-state index >= 15 is 0 Å². The number of carbonyl (C=O) groups excluding carboxylic acids is 1. The number of rotatable bonds is 3. The maximum Gasteiger partial charge on any atom is 0.328 e. The van der Waals surface area contributed by atoms with Crippen LogP contribution in [0.1, 0.15) is 43.5 Å². The van der Waals surface area contributed by atoms with E-state index in [4.69, 9.17) is 0 Å². The lowest BCUT2D eigenvalue weighted by molar-refractivity contribution is 0.101. The third-order valence-corrected chi connectivity index (χ3v) is 3.54. The van der Waals surface area contributed by atoms with Gasteiger partial charge < -0.3 is 4.98 Å². The topological polar surface area (TPSA) is 71.9 Å². The van der Waals surface area contributed by atoms with E-state index in [1.54, 1.807) is 0 Å². The van der Waals surface area contributed by atoms with Gasteiger partial charge in [-0.25, -0.2) is 4.79 Å². The van der Waals surface area contributed by atoms with Crippen molar-refractivity contribution in [1.29, 1.82) is 0 Å². The molecule has 92 valence electrons. The van der Waals surface area contributed by atoms with Crippen LogP contribution in [0.2, 0.25) is 0 Å². The minimum absolute atomic E-state index is 0.0201. The van der Waals surface area contributed by atoms with Gasteiger partial charge in [0.05, 0.1) is 5.56 Å². The van der Waals surface area contributed by atoms with Crippen molar-refractivity contribution in [2.24, 2.45) is 5.41 Å². The van der Waals surface area contributed by atoms with Gasteiger partial charge >= 0.3 is 5.69 Å². The molecule has 0 amide bonds. The van der Waals surface area contributed by atoms with Crippen LogP contribution in [0.3, 0.4) is 0 Å². The van der Waals surface area contributed by atoms with Crippen LogP contribution in [0, 0.1) is 5.41 Å². The fourth-order valence-corrected chi connectivity index (χ4v) is 2.23. The van der Waals surface area contributed by atoms with Gasteiger partial charge in [-0.1, -0.05) is 13.3 Å². The van der Waals surface area contributed by atoms with E-state index < -0.39 is 11.2 Å². The number of hydrogen-bond donors (Lipinski definition) is 1. The summed E-state index contributed by atoms with van der Waals surface area (Å²) in [6.07, 6.45) is 4.37. The fraction of sp³-hybridized carbons (Fsp3) is 0.583. The van der Waals surface area contributed by atoms with Gasteiger partial charge in [0, 0.05) is 12.7 Å². The Morgan fingerprint density at radius 2 is 2.12 bits per heavy atom. The highest BCUT2D eigenvalue weighted by atomic mass is 16.2. The summed E-state index contributed by atoms with van der Waals surface area (Å²) in [7, 11) is 0. The molecule has 0 atom stereocenters. The van der Waals surface area contributed by atoms with Gasteiger partial charge in [-0.2, -0.15) is 0 Å². The van der Waals surface area contributed by atoms with Crippen LogP contribution in [0.5, 0.6) is 0 Å². The number of nitrogens with one attached hydrogen (secondary N) is 1. The molecule has 0 bridgehead atoms. The van der Waals surface area contributed by atoms with Gasteiger partial charge in [0.15, 0.2) is 5.78 Å². The molecule has 0 saturated heterocycles. The lowest BCUT2D eigenvalue weighted by Gasteiger charge is -2.38. The molecule has 0 radical (unpaired) electrons. The van der Waals surface area contributed by atoms with Crippen LogP contribution in [0.15, 0.2) is 15.8 Å². The van der Waals surface area contributed by atoms with Crippen molar-refractivity contribution >= 4 is 5.78 Å². The summed E-state index contributed by atoms with van der Waals surface area (Å²) >= 11 is 0. The van der Waals surface area contributed by atoms with E-state index in [0.29, 0.717) is 6.54 Å². The first-order chi connectivity index (χ1) is 7.93. The molecule has 1 aromatic rings. The summed E-state index contributed by atoms with van der Waals surface area (Å²) in [6.45, 7) is 3.77. The van der Waals surface area contributed by atoms with Gasteiger partial charge in [0.25, 0.3) is 5.56 Å². The Balaban J connectivity index is 2.46. The number of aromatic amines is 1. The zero-order chi connectivity index (χ0) is 12.6. The number of nitrogens with zero attached hydrogens (tertiary/aromatic N) is 1. The predicted octanol–water partition coefficient (Wildman–Crippen LogP) is 0.929. The Kier molecular flexibility index (Phi) is 2.77. The van der Waals surface area contributed by atoms with Crippen LogP contribution in [0.25, 0.3) is 0 Å². The molecule has 1 heterocycles. The molecule has 1 saturated carbocycles. The van der Waals surface area contributed by atoms with Crippen molar-refractivity contribution in [2.45, 2.75) is 39.7 Å². The van der Waals surface area contributed by atoms with Crippen molar-refractivity contribution in [3.05, 3.63) is 32.6 Å². The number of ketones is 1. The quantitative estimate of drug-likeness (QED) is 0.793. The zero-order valence-electron chi connectivity index (χ0n) is 10.1. The van der Waals surface area contributed by atoms with Crippen molar-refractivity contribution in [3.8, 4) is 0 Å². The number of carbonyl (C=O) groups is 1. The minimum Gasteiger partial charge on any atom is -0.313 e. The van der Waals surface area contributed by atoms with Gasteiger partial charge in [0.2, 0.25) is 0 Å². The van der Waals surface area contributed by atoms with Crippen LogP contribution in [0.4, 0.5) is 0 Å². The highest BCUT2D eigenvalue weighted by molar-refractivity contribution is 5.93. The number of aromatic nitrogens is 2. The van der Waals surface area contributed by atoms with Gasteiger partial charge in [-0.05, 0) is 25.2 Å². The third kappa shape index (κ3) is 2.09. The van der Waals surface area contributed by atoms with E-state index in [1.807, 2.05) is 0 Å². The van der Waals surface area contributed by atoms with E-state index in [-0.39, 0.29) is 16.8 Å². The monoisotopic (exact) mass is 236 g/mol. The smallest absolute Gasteiger partial charge is 0.313 e. The normalized spacial score (nSPS) is 17.5. The minimum atomic E-state index is -0.477. The van der Waals surface area contributed by atoms with Crippen LogP contribution in [-0.4, -0.2) is 15.3 Å². The summed E-state index contributed by atoms with van der Waals surface area (Å²) in [5, 5.41) is 0. The van der Waals surface area contributed by atoms with E-state index in [2.05, 4.69) is 11.9 Å². The molecule has 0 aliphatic heterocycles. The lowest BCUT2D eigenvalue weighted by Crippen LogP contribution is -2.43. The average Bonchev–Trinajstić information content (AvgIpc) is 2.21. The summed E-state index contributed by atoms with van der Waals surface area (Å²) in [5.41, 5.74) is -0.846. The number of Topliss-reactive ketones (excluding diaryl/α,β-unsaturated/α-hetero) is 1. The molecule has 5 heteroatoms. The Morgan fingerprint density at radius 3 is 2.59 bits per heavy atom. The Bertz CT molecular complexity index is 564. The predicted molar refractivity (Wildman–Crippen MR) is 63.3 cm³/mol. The van der Waals surface area contributed by atoms with Crippen molar-refractivity contribution < 1.29 is 4.79 Å². The van der Waals surface area contributed by atoms with E-state index in [9.17, 15) is 14.4 Å². The molecule has 1 N–H and O–H groups in total. The molecule has 1 aromatic heterocycles. The molecule has 1 aliphatic carbocycles. The molecule has 0 aromatic carbocycles. The van der Waals surface area contributed by atoms with Crippen LogP contribution < -0.4 is 11.2 Å². The fourth-order valence-electron chi connectivity index (χ4n) is 2.23. The number of H-pyrrole nitrogens is 1. The first kappa shape index (κ1) is 11.8. The largest absolute Gasteiger partial charge is 0.328 e. The summed E-state index contributed by atoms with van der Waals surface area (Å²) in [4.78, 5) is 37.3. The first-order valence-electron chi connectivity index (χ1n) is 5.76. The molecular formula is C12H16N2O3. The third-order valence-electron chi connectivity index (χ3n) is 3.54. The van der Waals surface area contributed by atoms with Crippen molar-refractivity contribution in [1.82, 2.24) is 9.55 Å². The summed E-state index contributed by atoms with van der Waals surface area (Å²) in [5.74, 6) is -0.321. The molecule has 5 nitrogen and oxygen atoms in total. The van der Waals surface area contributed by atoms with Crippen molar-refractivity contribution in [3.63, 3.8) is 0 Å². The second-order valence-corrected chi connectivity index (χ2v) is 5.12. The molecule has 0 unspecified atom stereocenters. The van der Waals surface area contributed by atoms with Crippen LogP contribution in [-0.2, 0) is 6.54 Å². The van der Waals surface area contributed by atoms with Crippen LogP contribution >= 0.6 is 0 Å². The van der Waals surface area contributed by atoms with E-state index in [0.717, 1.165) is 23.8 Å². The highest BCUT2D eigenvalue weighted by Gasteiger charge is 2.33. The van der Waals surface area contributed by atoms with E-state index in [1.165, 1.54) is 13.1 Å². The van der Waals surface area contributed by atoms with Gasteiger partial charge in [0.1, 0.15) is 0 Å². The maximum absolute atomic E-state index is 12.0. The zero-order valence-corrected chi connectivity index (χ0v) is 10.1. The van der Waals surface area contributed by atoms with Gasteiger partial charge in [-0.3, -0.25) is 14.2 Å². The maximum atomic E-state index is 12.0. The summed E-state index contributed by atoms with van der Waals surface area (Å²) in [6, 6.07) is 0. The standard InChI is InChI=1S/C12H16N2O3/c1-8(15)9-6-13-11(17)14(10(9)16)7-12(2)4-3-5-12/h6H,3-5,7H2,1-2H3,(H,13,17). The first-order valence-corrected chi connectivity index (χ1v) is 5.76.